The largest absolute Gasteiger partial charge is 0.301 e. The summed E-state index contributed by atoms with van der Waals surface area (Å²) in [5, 5.41) is 0.750. The second kappa shape index (κ2) is 7.23. The molecule has 0 bridgehead atoms. The molecule has 0 aliphatic carbocycles. The molecule has 3 rings (SSSR count). The van der Waals surface area contributed by atoms with Crippen molar-refractivity contribution in [2.75, 3.05) is 0 Å². The summed E-state index contributed by atoms with van der Waals surface area (Å²) in [7, 11) is 0. The number of hydrogen-bond donors (Lipinski definition) is 1. The van der Waals surface area contributed by atoms with Crippen LogP contribution in [-0.4, -0.2) is 21.0 Å². The Kier molecular flexibility index (Phi) is 5.04. The van der Waals surface area contributed by atoms with Crippen LogP contribution in [0.5, 0.6) is 0 Å². The number of rotatable bonds is 5. The van der Waals surface area contributed by atoms with Crippen LogP contribution < -0.4 is 5.56 Å². The van der Waals surface area contributed by atoms with Gasteiger partial charge in [-0.05, 0) is 44.0 Å². The minimum absolute atomic E-state index is 0.0736. The number of hydrogen-bond acceptors (Lipinski definition) is 4. The number of nitrogens with zero attached hydrogens (tertiary/aromatic N) is 1. The van der Waals surface area contributed by atoms with Gasteiger partial charge in [0.25, 0.3) is 5.56 Å². The summed E-state index contributed by atoms with van der Waals surface area (Å²) >= 11 is 1.32. The normalized spacial score (nSPS) is 12.3. The van der Waals surface area contributed by atoms with Gasteiger partial charge in [-0.1, -0.05) is 48.5 Å². The van der Waals surface area contributed by atoms with Gasteiger partial charge in [0.15, 0.2) is 10.9 Å². The predicted octanol–water partition coefficient (Wildman–Crippen LogP) is 4.29. The number of para-hydroxylation sites is 1. The first kappa shape index (κ1) is 17.4. The highest BCUT2D eigenvalue weighted by atomic mass is 32.2. The lowest BCUT2D eigenvalue weighted by molar-refractivity contribution is 0.0987. The molecule has 25 heavy (non-hydrogen) atoms. The molecule has 0 saturated heterocycles. The Hall–Kier alpha value is -2.40. The average molecular weight is 352 g/mol. The van der Waals surface area contributed by atoms with Crippen LogP contribution in [0.1, 0.15) is 34.8 Å². The van der Waals surface area contributed by atoms with Crippen LogP contribution in [0.25, 0.3) is 10.9 Å². The van der Waals surface area contributed by atoms with E-state index < -0.39 is 0 Å². The van der Waals surface area contributed by atoms with Crippen molar-refractivity contribution in [1.82, 2.24) is 9.97 Å². The Morgan fingerprint density at radius 3 is 2.72 bits per heavy atom. The van der Waals surface area contributed by atoms with Crippen molar-refractivity contribution in [3.8, 4) is 0 Å². The van der Waals surface area contributed by atoms with Crippen LogP contribution >= 0.6 is 11.8 Å². The molecule has 1 aromatic heterocycles. The number of thioether (sulfide) groups is 1. The van der Waals surface area contributed by atoms with Gasteiger partial charge in [-0.25, -0.2) is 4.98 Å². The van der Waals surface area contributed by atoms with Gasteiger partial charge in [0.1, 0.15) is 0 Å². The molecule has 0 saturated carbocycles. The highest BCUT2D eigenvalue weighted by Crippen LogP contribution is 2.27. The topological polar surface area (TPSA) is 62.8 Å². The first-order chi connectivity index (χ1) is 12.0. The minimum atomic E-state index is -0.287. The molecule has 4 nitrogen and oxygen atoms in total. The summed E-state index contributed by atoms with van der Waals surface area (Å²) < 4.78 is 0. The van der Waals surface area contributed by atoms with Gasteiger partial charge in [-0.15, -0.1) is 0 Å². The molecule has 3 aromatic rings. The Bertz CT molecular complexity index is 994. The van der Waals surface area contributed by atoms with E-state index in [4.69, 9.17) is 0 Å². The highest BCUT2D eigenvalue weighted by molar-refractivity contribution is 8.00. The first-order valence-electron chi connectivity index (χ1n) is 8.26. The third-order valence-corrected chi connectivity index (χ3v) is 5.42. The zero-order valence-corrected chi connectivity index (χ0v) is 15.3. The molecule has 0 radical (unpaired) electrons. The van der Waals surface area contributed by atoms with E-state index in [2.05, 4.69) is 9.97 Å². The molecule has 0 amide bonds. The fourth-order valence-electron chi connectivity index (χ4n) is 2.75. The monoisotopic (exact) mass is 352 g/mol. The smallest absolute Gasteiger partial charge is 0.259 e. The molecule has 0 aliphatic heterocycles. The van der Waals surface area contributed by atoms with E-state index in [1.54, 1.807) is 6.07 Å². The van der Waals surface area contributed by atoms with Gasteiger partial charge < -0.3 is 4.98 Å². The van der Waals surface area contributed by atoms with E-state index in [0.717, 1.165) is 16.7 Å². The number of aromatic amines is 1. The minimum Gasteiger partial charge on any atom is -0.301 e. The number of fused-ring (bicyclic) bond motifs is 1. The lowest BCUT2D eigenvalue weighted by atomic mass is 9.99. The maximum atomic E-state index is 13.0. The fourth-order valence-corrected chi connectivity index (χ4v) is 3.73. The first-order valence-corrected chi connectivity index (χ1v) is 9.14. The summed E-state index contributed by atoms with van der Waals surface area (Å²) in [5.41, 5.74) is 3.23. The number of nitrogens with one attached hydrogen (secondary N) is 1. The number of aryl methyl sites for hydroxylation is 2. The van der Waals surface area contributed by atoms with Crippen LogP contribution in [-0.2, 0) is 0 Å². The summed E-state index contributed by atoms with van der Waals surface area (Å²) in [4.78, 5) is 32.5. The molecule has 5 heteroatoms. The van der Waals surface area contributed by atoms with Crippen molar-refractivity contribution in [3.05, 3.63) is 69.5 Å². The fraction of sp³-hybridized carbons (Fsp3) is 0.250. The lowest BCUT2D eigenvalue weighted by Crippen LogP contribution is -2.19. The van der Waals surface area contributed by atoms with E-state index in [9.17, 15) is 9.59 Å². The third kappa shape index (κ3) is 3.66. The number of H-pyrrole nitrogens is 1. The second-order valence-corrected chi connectivity index (χ2v) is 7.28. The van der Waals surface area contributed by atoms with Gasteiger partial charge in [-0.3, -0.25) is 9.59 Å². The molecular weight excluding hydrogens is 332 g/mol. The summed E-state index contributed by atoms with van der Waals surface area (Å²) in [6.45, 7) is 5.90. The van der Waals surface area contributed by atoms with Crippen LogP contribution in [0, 0.1) is 13.8 Å². The van der Waals surface area contributed by atoms with E-state index in [-0.39, 0.29) is 16.6 Å². The molecular formula is C20H20N2O2S. The quantitative estimate of drug-likeness (QED) is 0.423. The third-order valence-electron chi connectivity index (χ3n) is 4.17. The number of Topliss-reactive ketones (excluding diaryl/α,β-unsaturated/α-hetero) is 1. The van der Waals surface area contributed by atoms with Crippen LogP contribution in [0.15, 0.2) is 52.4 Å². The van der Waals surface area contributed by atoms with Crippen molar-refractivity contribution in [2.45, 2.75) is 37.6 Å². The number of carbonyl (C=O) groups is 1. The van der Waals surface area contributed by atoms with Crippen molar-refractivity contribution in [1.29, 1.82) is 0 Å². The lowest BCUT2D eigenvalue weighted by Gasteiger charge is -2.15. The van der Waals surface area contributed by atoms with Crippen molar-refractivity contribution >= 4 is 28.4 Å². The molecule has 0 aliphatic rings. The standard InChI is InChI=1S/C20H20N2O2S/c1-4-17(18(23)15-11-12(2)9-10-13(15)3)25-20-21-16-8-6-5-7-14(16)19(24)22-20/h5-11,17H,4H2,1-3H3,(H,21,22,24). The van der Waals surface area contributed by atoms with Gasteiger partial charge >= 0.3 is 0 Å². The Morgan fingerprint density at radius 1 is 1.20 bits per heavy atom. The van der Waals surface area contributed by atoms with Crippen LogP contribution in [0.3, 0.4) is 0 Å². The number of carbonyl (C=O) groups excluding carboxylic acids is 1. The van der Waals surface area contributed by atoms with E-state index in [0.29, 0.717) is 22.5 Å². The van der Waals surface area contributed by atoms with Crippen molar-refractivity contribution in [3.63, 3.8) is 0 Å². The van der Waals surface area contributed by atoms with Crippen LogP contribution in [0.2, 0.25) is 0 Å². The Labute approximate surface area is 150 Å². The highest BCUT2D eigenvalue weighted by Gasteiger charge is 2.22. The molecule has 0 fully saturated rings. The Morgan fingerprint density at radius 2 is 1.96 bits per heavy atom. The molecule has 1 N–H and O–H groups in total. The predicted molar refractivity (Wildman–Crippen MR) is 103 cm³/mol. The summed E-state index contributed by atoms with van der Waals surface area (Å²) in [6, 6.07) is 13.1. The van der Waals surface area contributed by atoms with Crippen molar-refractivity contribution in [2.24, 2.45) is 0 Å². The maximum absolute atomic E-state index is 13.0. The SMILES string of the molecule is CCC(Sc1nc2ccccc2c(=O)[nH]1)C(=O)c1cc(C)ccc1C. The van der Waals surface area contributed by atoms with Crippen molar-refractivity contribution < 1.29 is 4.79 Å². The molecule has 1 atom stereocenters. The zero-order chi connectivity index (χ0) is 18.0. The molecule has 128 valence electrons. The van der Waals surface area contributed by atoms with Crippen LogP contribution in [0.4, 0.5) is 0 Å². The molecule has 0 spiro atoms. The summed E-state index contributed by atoms with van der Waals surface area (Å²) in [6.07, 6.45) is 0.660. The number of aromatic nitrogens is 2. The van der Waals surface area contributed by atoms with E-state index in [1.807, 2.05) is 57.2 Å². The number of benzene rings is 2. The van der Waals surface area contributed by atoms with E-state index in [1.165, 1.54) is 11.8 Å². The van der Waals surface area contributed by atoms with E-state index >= 15 is 0 Å². The van der Waals surface area contributed by atoms with Gasteiger partial charge in [0.2, 0.25) is 0 Å². The second-order valence-electron chi connectivity index (χ2n) is 6.09. The molecule has 1 unspecified atom stereocenters. The Balaban J connectivity index is 1.93. The average Bonchev–Trinajstić information content (AvgIpc) is 2.61. The number of ketones is 1. The van der Waals surface area contributed by atoms with Gasteiger partial charge in [-0.2, -0.15) is 0 Å². The molecule has 2 aromatic carbocycles. The summed E-state index contributed by atoms with van der Waals surface area (Å²) in [5.74, 6) is 0.0736. The maximum Gasteiger partial charge on any atom is 0.259 e. The van der Waals surface area contributed by atoms with Gasteiger partial charge in [0.05, 0.1) is 16.2 Å². The zero-order valence-electron chi connectivity index (χ0n) is 14.5. The van der Waals surface area contributed by atoms with Gasteiger partial charge in [0, 0.05) is 5.56 Å². The molecule has 1 heterocycles.